The summed E-state index contributed by atoms with van der Waals surface area (Å²) < 4.78 is 16.9. The highest BCUT2D eigenvalue weighted by Gasteiger charge is 2.19. The number of ether oxygens (including phenoxy) is 3. The summed E-state index contributed by atoms with van der Waals surface area (Å²) in [5.41, 5.74) is 0. The quantitative estimate of drug-likeness (QED) is 0.0261. The predicted molar refractivity (Wildman–Crippen MR) is 348 cm³/mol. The highest BCUT2D eigenvalue weighted by molar-refractivity contribution is 5.71. The fourth-order valence-corrected chi connectivity index (χ4v) is 8.97. The Kier molecular flexibility index (Phi) is 63.3. The van der Waals surface area contributed by atoms with E-state index in [9.17, 15) is 14.4 Å². The largest absolute Gasteiger partial charge is 0.462 e. The number of unbranched alkanes of at least 4 members (excludes halogenated alkanes) is 26. The van der Waals surface area contributed by atoms with Gasteiger partial charge in [-0.25, -0.2) is 0 Å². The number of carbonyl (C=O) groups is 3. The molecule has 0 saturated heterocycles. The average molecular weight is 1110 g/mol. The Labute approximate surface area is 494 Å². The van der Waals surface area contributed by atoms with Crippen molar-refractivity contribution in [1.82, 2.24) is 0 Å². The van der Waals surface area contributed by atoms with Gasteiger partial charge in [0, 0.05) is 19.3 Å². The highest BCUT2D eigenvalue weighted by Crippen LogP contribution is 2.16. The Hall–Kier alpha value is -4.45. The lowest BCUT2D eigenvalue weighted by Crippen LogP contribution is -2.30. The van der Waals surface area contributed by atoms with E-state index < -0.39 is 6.10 Å². The van der Waals surface area contributed by atoms with Crippen LogP contribution < -0.4 is 0 Å². The molecule has 0 aliphatic carbocycles. The van der Waals surface area contributed by atoms with Gasteiger partial charge in [-0.2, -0.15) is 0 Å². The van der Waals surface area contributed by atoms with E-state index in [0.717, 1.165) is 154 Å². The van der Waals surface area contributed by atoms with E-state index >= 15 is 0 Å². The molecular weight excluding hydrogens is 985 g/mol. The van der Waals surface area contributed by atoms with Crippen LogP contribution in [0.2, 0.25) is 0 Å². The Morgan fingerprint density at radius 2 is 0.487 bits per heavy atom. The van der Waals surface area contributed by atoms with Crippen molar-refractivity contribution in [2.75, 3.05) is 13.2 Å². The van der Waals surface area contributed by atoms with Crippen molar-refractivity contribution in [3.63, 3.8) is 0 Å². The first kappa shape index (κ1) is 75.5. The molecule has 0 N–H and O–H groups in total. The van der Waals surface area contributed by atoms with Gasteiger partial charge >= 0.3 is 17.9 Å². The maximum atomic E-state index is 12.9. The molecule has 1 unspecified atom stereocenters. The van der Waals surface area contributed by atoms with Gasteiger partial charge in [-0.1, -0.05) is 283 Å². The fourth-order valence-electron chi connectivity index (χ4n) is 8.97. The maximum Gasteiger partial charge on any atom is 0.306 e. The van der Waals surface area contributed by atoms with Gasteiger partial charge in [0.15, 0.2) is 6.10 Å². The predicted octanol–water partition coefficient (Wildman–Crippen LogP) is 22.9. The highest BCUT2D eigenvalue weighted by atomic mass is 16.6. The second kappa shape index (κ2) is 67.1. The van der Waals surface area contributed by atoms with Crippen LogP contribution in [0.3, 0.4) is 0 Å². The molecule has 0 spiro atoms. The van der Waals surface area contributed by atoms with E-state index in [4.69, 9.17) is 14.2 Å². The molecule has 0 rings (SSSR count). The summed E-state index contributed by atoms with van der Waals surface area (Å²) in [5, 5.41) is 0. The zero-order valence-electron chi connectivity index (χ0n) is 52.0. The zero-order valence-corrected chi connectivity index (χ0v) is 52.0. The van der Waals surface area contributed by atoms with Gasteiger partial charge in [-0.05, 0) is 128 Å². The zero-order chi connectivity index (χ0) is 57.8. The van der Waals surface area contributed by atoms with Gasteiger partial charge in [-0.15, -0.1) is 0 Å². The van der Waals surface area contributed by atoms with Gasteiger partial charge in [0.05, 0.1) is 0 Å². The van der Waals surface area contributed by atoms with Crippen LogP contribution >= 0.6 is 0 Å². The number of allylic oxidation sites excluding steroid dienone is 22. The topological polar surface area (TPSA) is 78.9 Å². The first-order valence-corrected chi connectivity index (χ1v) is 33.2. The molecule has 454 valence electrons. The van der Waals surface area contributed by atoms with E-state index in [1.54, 1.807) is 0 Å². The molecule has 0 aromatic carbocycles. The Balaban J connectivity index is 4.14. The molecular formula is C74H122O6. The van der Waals surface area contributed by atoms with Crippen LogP contribution in [0, 0.1) is 0 Å². The van der Waals surface area contributed by atoms with E-state index in [2.05, 4.69) is 154 Å². The molecule has 0 aliphatic heterocycles. The minimum absolute atomic E-state index is 0.0915. The van der Waals surface area contributed by atoms with Crippen molar-refractivity contribution in [3.8, 4) is 0 Å². The minimum Gasteiger partial charge on any atom is -0.462 e. The average Bonchev–Trinajstić information content (AvgIpc) is 3.46. The summed E-state index contributed by atoms with van der Waals surface area (Å²) in [6.45, 7) is 6.33. The van der Waals surface area contributed by atoms with Crippen LogP contribution in [-0.4, -0.2) is 37.2 Å². The van der Waals surface area contributed by atoms with Crippen molar-refractivity contribution in [2.24, 2.45) is 0 Å². The normalized spacial score (nSPS) is 13.0. The monoisotopic (exact) mass is 1110 g/mol. The number of hydrogen-bond donors (Lipinski definition) is 0. The Morgan fingerprint density at radius 3 is 0.775 bits per heavy atom. The molecule has 0 fully saturated rings. The summed E-state index contributed by atoms with van der Waals surface area (Å²) in [5.74, 6) is -0.923. The first-order valence-electron chi connectivity index (χ1n) is 33.2. The first-order chi connectivity index (χ1) is 39.5. The number of carbonyl (C=O) groups excluding carboxylic acids is 3. The lowest BCUT2D eigenvalue weighted by molar-refractivity contribution is -0.167. The number of esters is 3. The van der Waals surface area contributed by atoms with E-state index in [1.165, 1.54) is 103 Å². The maximum absolute atomic E-state index is 12.9. The summed E-state index contributed by atoms with van der Waals surface area (Å²) >= 11 is 0. The van der Waals surface area contributed by atoms with Crippen LogP contribution in [0.25, 0.3) is 0 Å². The molecule has 0 saturated carbocycles. The third-order valence-corrected chi connectivity index (χ3v) is 13.9. The summed E-state index contributed by atoms with van der Waals surface area (Å²) in [7, 11) is 0. The Morgan fingerprint density at radius 1 is 0.263 bits per heavy atom. The van der Waals surface area contributed by atoms with Crippen molar-refractivity contribution in [2.45, 2.75) is 303 Å². The second-order valence-electron chi connectivity index (χ2n) is 21.6. The van der Waals surface area contributed by atoms with Gasteiger partial charge < -0.3 is 14.2 Å². The fraction of sp³-hybridized carbons (Fsp3) is 0.662. The lowest BCUT2D eigenvalue weighted by atomic mass is 10.0. The van der Waals surface area contributed by atoms with Crippen LogP contribution in [0.15, 0.2) is 134 Å². The molecule has 0 heterocycles. The van der Waals surface area contributed by atoms with Crippen molar-refractivity contribution >= 4 is 17.9 Å². The van der Waals surface area contributed by atoms with E-state index in [1.807, 2.05) is 0 Å². The van der Waals surface area contributed by atoms with Gasteiger partial charge in [0.25, 0.3) is 0 Å². The number of hydrogen-bond acceptors (Lipinski definition) is 6. The second-order valence-corrected chi connectivity index (χ2v) is 21.6. The van der Waals surface area contributed by atoms with Crippen molar-refractivity contribution < 1.29 is 28.6 Å². The summed E-state index contributed by atoms with van der Waals surface area (Å²) in [4.78, 5) is 38.2. The SMILES string of the molecule is CC/C=C\C/C=C\C/C=C\C/C=C\C/C=C\C/C=C\CCCCCCCCCCCCCCCCCCC(=O)OCC(COC(=O)CCCCCCC/C=C\CCC)OC(=O)CCCCCC/C=C\C/C=C\C/C=C\C/C=C\CC. The molecule has 0 amide bonds. The summed E-state index contributed by atoms with van der Waals surface area (Å²) in [6.07, 6.45) is 94.9. The van der Waals surface area contributed by atoms with Crippen LogP contribution in [-0.2, 0) is 28.6 Å². The molecule has 0 aromatic rings. The standard InChI is InChI=1S/C74H122O6/c1-4-7-10-13-16-19-22-24-26-28-29-30-31-32-33-34-35-36-37-38-39-40-41-42-43-44-45-47-48-50-52-55-58-61-64-67-73(76)79-70-71(69-78-72(75)66-63-60-57-54-21-18-15-12-9-6-3)80-74(77)68-65-62-59-56-53-51-49-46-27-25-23-20-17-14-11-8-5-2/h7-8,10-12,15-17,19-20,24-27,29-30,32-33,35-36,49,51,71H,4-6,9,13-14,18,21-23,28,31,34,37-48,50,52-70H2,1-3H3/b10-7-,11-8-,15-12-,19-16-,20-17-,26-24-,27-25-,30-29-,33-32-,36-35-,51-49-. The third kappa shape index (κ3) is 64.4. The molecule has 0 aromatic heterocycles. The van der Waals surface area contributed by atoms with Gasteiger partial charge in [0.2, 0.25) is 0 Å². The summed E-state index contributed by atoms with van der Waals surface area (Å²) in [6, 6.07) is 0. The molecule has 0 bridgehead atoms. The molecule has 6 nitrogen and oxygen atoms in total. The molecule has 1 atom stereocenters. The van der Waals surface area contributed by atoms with E-state index in [-0.39, 0.29) is 31.1 Å². The van der Waals surface area contributed by atoms with Gasteiger partial charge in [-0.3, -0.25) is 14.4 Å². The van der Waals surface area contributed by atoms with Gasteiger partial charge in [0.1, 0.15) is 13.2 Å². The molecule has 80 heavy (non-hydrogen) atoms. The lowest BCUT2D eigenvalue weighted by Gasteiger charge is -2.18. The van der Waals surface area contributed by atoms with E-state index in [0.29, 0.717) is 19.3 Å². The smallest absolute Gasteiger partial charge is 0.306 e. The minimum atomic E-state index is -0.796. The molecule has 0 radical (unpaired) electrons. The molecule has 0 aliphatic rings. The third-order valence-electron chi connectivity index (χ3n) is 13.9. The molecule has 6 heteroatoms. The Bertz CT molecular complexity index is 1700. The van der Waals surface area contributed by atoms with Crippen molar-refractivity contribution in [1.29, 1.82) is 0 Å². The number of rotatable bonds is 59. The van der Waals surface area contributed by atoms with Crippen molar-refractivity contribution in [3.05, 3.63) is 134 Å². The van der Waals surface area contributed by atoms with Crippen LogP contribution in [0.4, 0.5) is 0 Å². The van der Waals surface area contributed by atoms with Crippen LogP contribution in [0.1, 0.15) is 297 Å². The van der Waals surface area contributed by atoms with Crippen LogP contribution in [0.5, 0.6) is 0 Å².